The van der Waals surface area contributed by atoms with Crippen molar-refractivity contribution in [1.29, 1.82) is 0 Å². The molecule has 0 unspecified atom stereocenters. The predicted molar refractivity (Wildman–Crippen MR) is 163 cm³/mol. The summed E-state index contributed by atoms with van der Waals surface area (Å²) in [4.78, 5) is 0. The quantitative estimate of drug-likeness (QED) is 0.0969. The number of hydrogen-bond donors (Lipinski definition) is 0. The molecule has 0 saturated carbocycles. The molecule has 0 atom stereocenters. The molecule has 0 bridgehead atoms. The molecule has 0 heterocycles. The average Bonchev–Trinajstić information content (AvgIpc) is 3.03. The van der Waals surface area contributed by atoms with Crippen LogP contribution in [0.5, 0.6) is 11.5 Å². The fraction of sp³-hybridized carbons (Fsp3) is 0.189. The third-order valence-electron chi connectivity index (χ3n) is 7.62. The number of ether oxygens (including phenoxy) is 2. The molecule has 0 aliphatic heterocycles. The summed E-state index contributed by atoms with van der Waals surface area (Å²) in [5, 5.41) is 0. The molecule has 11 heteroatoms. The summed E-state index contributed by atoms with van der Waals surface area (Å²) in [6.45, 7) is -1.38. The fourth-order valence-electron chi connectivity index (χ4n) is 5.20. The van der Waals surface area contributed by atoms with Gasteiger partial charge in [-0.05, 0) is 83.1 Å². The van der Waals surface area contributed by atoms with Gasteiger partial charge in [0.05, 0.1) is 5.56 Å². The van der Waals surface area contributed by atoms with Gasteiger partial charge in [0, 0.05) is 17.2 Å². The van der Waals surface area contributed by atoms with Crippen LogP contribution in [0.25, 0.3) is 33.4 Å². The van der Waals surface area contributed by atoms with Crippen LogP contribution in [-0.4, -0.2) is 6.61 Å². The number of benzene rings is 5. The zero-order valence-electron chi connectivity index (χ0n) is 25.3. The molecule has 5 rings (SSSR count). The van der Waals surface area contributed by atoms with Crippen molar-refractivity contribution in [2.75, 3.05) is 0 Å². The maximum atomic E-state index is 15.1. The lowest BCUT2D eigenvalue weighted by molar-refractivity contribution is -0.187. The summed E-state index contributed by atoms with van der Waals surface area (Å²) in [6, 6.07) is 17.5. The Morgan fingerprint density at radius 3 is 1.75 bits per heavy atom. The minimum Gasteiger partial charge on any atom is -0.429 e. The smallest absolute Gasteiger partial charge is 0.429 e. The second kappa shape index (κ2) is 14.5. The van der Waals surface area contributed by atoms with E-state index in [1.54, 1.807) is 12.1 Å². The third-order valence-corrected chi connectivity index (χ3v) is 7.62. The van der Waals surface area contributed by atoms with Crippen molar-refractivity contribution < 1.29 is 49.0 Å². The molecule has 0 amide bonds. The summed E-state index contributed by atoms with van der Waals surface area (Å²) in [7, 11) is 0. The Labute approximate surface area is 270 Å². The lowest BCUT2D eigenvalue weighted by Gasteiger charge is -2.20. The van der Waals surface area contributed by atoms with Gasteiger partial charge in [0.1, 0.15) is 23.2 Å². The van der Waals surface area contributed by atoms with Crippen LogP contribution in [0.4, 0.5) is 39.5 Å². The van der Waals surface area contributed by atoms with Gasteiger partial charge >= 0.3 is 12.7 Å². The van der Waals surface area contributed by atoms with Gasteiger partial charge in [-0.3, -0.25) is 0 Å². The van der Waals surface area contributed by atoms with Crippen molar-refractivity contribution in [2.24, 2.45) is 0 Å². The van der Waals surface area contributed by atoms with E-state index >= 15 is 13.2 Å². The van der Waals surface area contributed by atoms with Crippen LogP contribution in [-0.2, 0) is 12.5 Å². The molecule has 2 nitrogen and oxygen atoms in total. The Bertz CT molecular complexity index is 1880. The van der Waals surface area contributed by atoms with E-state index in [2.05, 4.69) is 16.4 Å². The number of hydrogen-bond acceptors (Lipinski definition) is 2. The Morgan fingerprint density at radius 2 is 1.15 bits per heavy atom. The highest BCUT2D eigenvalue weighted by molar-refractivity contribution is 5.72. The van der Waals surface area contributed by atoms with Gasteiger partial charge in [-0.2, -0.15) is 17.6 Å². The van der Waals surface area contributed by atoms with Gasteiger partial charge in [0.2, 0.25) is 0 Å². The number of unbranched alkanes of at least 4 members (excludes halogenated alkanes) is 2. The maximum absolute atomic E-state index is 15.1. The maximum Gasteiger partial charge on any atom is 0.429 e. The van der Waals surface area contributed by atoms with Crippen molar-refractivity contribution in [3.63, 3.8) is 0 Å². The molecular weight excluding hydrogens is 647 g/mol. The van der Waals surface area contributed by atoms with Gasteiger partial charge in [-0.15, -0.1) is 0 Å². The summed E-state index contributed by atoms with van der Waals surface area (Å²) in [6.07, 6.45) is -0.0424. The largest absolute Gasteiger partial charge is 0.429 e. The second-order valence-electron chi connectivity index (χ2n) is 11.0. The van der Waals surface area contributed by atoms with E-state index in [1.165, 1.54) is 12.1 Å². The highest BCUT2D eigenvalue weighted by Crippen LogP contribution is 2.38. The van der Waals surface area contributed by atoms with Crippen molar-refractivity contribution in [2.45, 2.75) is 45.3 Å². The molecule has 48 heavy (non-hydrogen) atoms. The Hall–Kier alpha value is -4.93. The van der Waals surface area contributed by atoms with Crippen LogP contribution in [0.2, 0.25) is 0 Å². The molecule has 0 spiro atoms. The lowest BCUT2D eigenvalue weighted by atomic mass is 9.99. The average molecular weight is 675 g/mol. The van der Waals surface area contributed by atoms with Gasteiger partial charge in [-0.25, -0.2) is 22.0 Å². The zero-order chi connectivity index (χ0) is 34.6. The fourth-order valence-corrected chi connectivity index (χ4v) is 5.20. The summed E-state index contributed by atoms with van der Waals surface area (Å²) in [5.41, 5.74) is 0.0850. The van der Waals surface area contributed by atoms with Gasteiger partial charge in [-0.1, -0.05) is 62.2 Å². The predicted octanol–water partition coefficient (Wildman–Crippen LogP) is 11.8. The normalized spacial score (nSPS) is 11.6. The molecule has 5 aromatic carbocycles. The summed E-state index contributed by atoms with van der Waals surface area (Å²) in [5.74, 6) is -8.33. The molecule has 250 valence electrons. The molecule has 0 aliphatic rings. The standard InChI is InChI=1S/C37H27F9O2/c1-2-3-4-5-21-6-8-22(9-7-21)23-11-15-29(32(40)16-23)37(45,46)48-26-12-14-27(31(39)20-26)24-10-13-28(30(38)17-24)25-18-33(41)35(34(42)19-25)47-36(43)44/h6-20,36H,2-5H2,1H3. The van der Waals surface area contributed by atoms with Gasteiger partial charge in [0.25, 0.3) is 0 Å². The first-order chi connectivity index (χ1) is 22.9. The molecule has 0 aliphatic carbocycles. The molecule has 0 aromatic heterocycles. The lowest BCUT2D eigenvalue weighted by Crippen LogP contribution is -2.23. The highest BCUT2D eigenvalue weighted by atomic mass is 19.3. The molecule has 0 radical (unpaired) electrons. The van der Waals surface area contributed by atoms with Crippen LogP contribution in [0, 0.1) is 29.1 Å². The number of rotatable bonds is 12. The molecular formula is C37H27F9O2. The van der Waals surface area contributed by atoms with Crippen molar-refractivity contribution in [3.8, 4) is 44.9 Å². The van der Waals surface area contributed by atoms with E-state index in [1.807, 2.05) is 12.1 Å². The van der Waals surface area contributed by atoms with Gasteiger partial charge < -0.3 is 9.47 Å². The van der Waals surface area contributed by atoms with Crippen molar-refractivity contribution >= 4 is 0 Å². The third kappa shape index (κ3) is 7.78. The van der Waals surface area contributed by atoms with E-state index in [4.69, 9.17) is 0 Å². The SMILES string of the molecule is CCCCCc1ccc(-c2ccc(C(F)(F)Oc3ccc(-c4ccc(-c5cc(F)c(OC(F)F)c(F)c5)c(F)c4)c(F)c3)c(F)c2)cc1. The van der Waals surface area contributed by atoms with Crippen molar-refractivity contribution in [1.82, 2.24) is 0 Å². The summed E-state index contributed by atoms with van der Waals surface area (Å²) >= 11 is 0. The molecule has 0 fully saturated rings. The van der Waals surface area contributed by atoms with E-state index < -0.39 is 58.9 Å². The number of halogens is 9. The second-order valence-corrected chi connectivity index (χ2v) is 11.0. The summed E-state index contributed by atoms with van der Waals surface area (Å²) < 4.78 is 137. The van der Waals surface area contributed by atoms with Crippen LogP contribution < -0.4 is 9.47 Å². The van der Waals surface area contributed by atoms with E-state index in [0.29, 0.717) is 29.3 Å². The molecule has 0 saturated heterocycles. The van der Waals surface area contributed by atoms with Crippen LogP contribution in [0.3, 0.4) is 0 Å². The minimum atomic E-state index is -4.19. The molecule has 0 N–H and O–H groups in total. The highest BCUT2D eigenvalue weighted by Gasteiger charge is 2.38. The first kappa shape index (κ1) is 34.4. The number of aryl methyl sites for hydroxylation is 1. The Kier molecular flexibility index (Phi) is 10.4. The first-order valence-corrected chi connectivity index (χ1v) is 14.9. The monoisotopic (exact) mass is 674 g/mol. The van der Waals surface area contributed by atoms with Crippen molar-refractivity contribution in [3.05, 3.63) is 131 Å². The first-order valence-electron chi connectivity index (χ1n) is 14.9. The molecule has 5 aromatic rings. The van der Waals surface area contributed by atoms with E-state index in [0.717, 1.165) is 67.6 Å². The Morgan fingerprint density at radius 1 is 0.583 bits per heavy atom. The Balaban J connectivity index is 1.31. The van der Waals surface area contributed by atoms with E-state index in [9.17, 15) is 26.3 Å². The zero-order valence-corrected chi connectivity index (χ0v) is 25.3. The number of alkyl halides is 4. The van der Waals surface area contributed by atoms with Crippen LogP contribution >= 0.6 is 0 Å². The van der Waals surface area contributed by atoms with Crippen LogP contribution in [0.15, 0.2) is 91.0 Å². The topological polar surface area (TPSA) is 18.5 Å². The van der Waals surface area contributed by atoms with Crippen LogP contribution in [0.1, 0.15) is 37.3 Å². The van der Waals surface area contributed by atoms with E-state index in [-0.39, 0.29) is 22.3 Å². The van der Waals surface area contributed by atoms with Gasteiger partial charge in [0.15, 0.2) is 17.4 Å². The minimum absolute atomic E-state index is 0.0683.